The minimum Gasteiger partial charge on any atom is -0.337 e. The monoisotopic (exact) mass is 418 g/mol. The van der Waals surface area contributed by atoms with Gasteiger partial charge in [0.1, 0.15) is 0 Å². The molecule has 6 heteroatoms. The van der Waals surface area contributed by atoms with Gasteiger partial charge in [0.05, 0.1) is 0 Å². The van der Waals surface area contributed by atoms with Crippen LogP contribution in [0.25, 0.3) is 0 Å². The molecule has 0 N–H and O–H groups in total. The van der Waals surface area contributed by atoms with Crippen LogP contribution >= 0.6 is 0 Å². The lowest BCUT2D eigenvalue weighted by Gasteiger charge is -2.47. The topological polar surface area (TPSA) is 47.1 Å². The maximum Gasteiger partial charge on any atom is 0.226 e. The van der Waals surface area contributed by atoms with Crippen molar-refractivity contribution in [2.75, 3.05) is 53.4 Å². The van der Waals surface area contributed by atoms with E-state index in [2.05, 4.69) is 33.7 Å². The van der Waals surface area contributed by atoms with Gasteiger partial charge >= 0.3 is 0 Å². The maximum absolute atomic E-state index is 13.6. The van der Waals surface area contributed by atoms with Crippen LogP contribution in [0.4, 0.5) is 0 Å². The molecule has 4 aliphatic heterocycles. The Kier molecular flexibility index (Phi) is 6.19. The summed E-state index contributed by atoms with van der Waals surface area (Å²) in [6.07, 6.45) is 8.77. The lowest BCUT2D eigenvalue weighted by Crippen LogP contribution is -2.57. The Balaban J connectivity index is 1.44. The molecule has 4 saturated heterocycles. The largest absolute Gasteiger partial charge is 0.337 e. The van der Waals surface area contributed by atoms with Gasteiger partial charge in [-0.3, -0.25) is 9.59 Å². The van der Waals surface area contributed by atoms with Crippen molar-refractivity contribution >= 4 is 11.8 Å². The zero-order valence-electron chi connectivity index (χ0n) is 19.7. The van der Waals surface area contributed by atoms with Gasteiger partial charge in [0.25, 0.3) is 0 Å². The van der Waals surface area contributed by atoms with Crippen molar-refractivity contribution in [1.29, 1.82) is 0 Å². The SMILES string of the molecule is CC(C(=O)N1CCCC12CCN(C)CC2)C(C)C(=O)N1CCCC12CCN(C)CC2. The predicted octanol–water partition coefficient (Wildman–Crippen LogP) is 2.43. The summed E-state index contributed by atoms with van der Waals surface area (Å²) in [5.41, 5.74) is 0.0902. The van der Waals surface area contributed by atoms with Crippen molar-refractivity contribution in [3.63, 3.8) is 0 Å². The Hall–Kier alpha value is -1.14. The molecule has 2 amide bonds. The van der Waals surface area contributed by atoms with E-state index < -0.39 is 0 Å². The summed E-state index contributed by atoms with van der Waals surface area (Å²) in [5, 5.41) is 0. The summed E-state index contributed by atoms with van der Waals surface area (Å²) in [7, 11) is 4.35. The summed E-state index contributed by atoms with van der Waals surface area (Å²) in [6, 6.07) is 0. The van der Waals surface area contributed by atoms with Gasteiger partial charge < -0.3 is 19.6 Å². The van der Waals surface area contributed by atoms with Crippen LogP contribution in [0, 0.1) is 11.8 Å². The number of carbonyl (C=O) groups excluding carboxylic acids is 2. The molecule has 0 aromatic carbocycles. The molecular formula is C24H42N4O2. The number of likely N-dealkylation sites (tertiary alicyclic amines) is 4. The molecule has 6 nitrogen and oxygen atoms in total. The molecule has 0 radical (unpaired) electrons. The molecule has 0 bridgehead atoms. The van der Waals surface area contributed by atoms with Crippen LogP contribution < -0.4 is 0 Å². The second kappa shape index (κ2) is 8.42. The van der Waals surface area contributed by atoms with Crippen LogP contribution in [0.3, 0.4) is 0 Å². The highest BCUT2D eigenvalue weighted by molar-refractivity contribution is 5.88. The molecule has 4 fully saturated rings. The third kappa shape index (κ3) is 3.79. The first-order valence-electron chi connectivity index (χ1n) is 12.3. The molecule has 4 heterocycles. The van der Waals surface area contributed by atoms with E-state index in [0.717, 1.165) is 90.6 Å². The fourth-order valence-electron chi connectivity index (χ4n) is 6.59. The molecule has 4 aliphatic rings. The summed E-state index contributed by atoms with van der Waals surface area (Å²) in [6.45, 7) is 10.0. The summed E-state index contributed by atoms with van der Waals surface area (Å²) in [5.74, 6) is -0.0452. The second-order valence-electron chi connectivity index (χ2n) is 10.8. The minimum atomic E-state index is -0.240. The highest BCUT2D eigenvalue weighted by Crippen LogP contribution is 2.42. The molecule has 170 valence electrons. The van der Waals surface area contributed by atoms with Gasteiger partial charge in [-0.25, -0.2) is 0 Å². The molecule has 30 heavy (non-hydrogen) atoms. The van der Waals surface area contributed by atoms with Crippen LogP contribution in [0.5, 0.6) is 0 Å². The van der Waals surface area contributed by atoms with Crippen LogP contribution in [-0.4, -0.2) is 95.9 Å². The molecular weight excluding hydrogens is 376 g/mol. The van der Waals surface area contributed by atoms with Gasteiger partial charge in [-0.2, -0.15) is 0 Å². The van der Waals surface area contributed by atoms with Crippen LogP contribution in [0.15, 0.2) is 0 Å². The number of hydrogen-bond acceptors (Lipinski definition) is 4. The third-order valence-electron chi connectivity index (χ3n) is 9.09. The average molecular weight is 419 g/mol. The Labute approximate surface area is 182 Å². The Morgan fingerprint density at radius 1 is 0.600 bits per heavy atom. The van der Waals surface area contributed by atoms with Crippen LogP contribution in [0.1, 0.15) is 65.2 Å². The molecule has 0 saturated carbocycles. The van der Waals surface area contributed by atoms with E-state index in [9.17, 15) is 9.59 Å². The Morgan fingerprint density at radius 3 is 1.27 bits per heavy atom. The first-order chi connectivity index (χ1) is 14.3. The average Bonchev–Trinajstić information content (AvgIpc) is 3.35. The highest BCUT2D eigenvalue weighted by Gasteiger charge is 2.49. The zero-order chi connectivity index (χ0) is 21.5. The van der Waals surface area contributed by atoms with Gasteiger partial charge in [-0.05, 0) is 65.5 Å². The number of hydrogen-bond donors (Lipinski definition) is 0. The quantitative estimate of drug-likeness (QED) is 0.706. The number of nitrogens with zero attached hydrogens (tertiary/aromatic N) is 4. The highest BCUT2D eigenvalue weighted by atomic mass is 16.2. The van der Waals surface area contributed by atoms with Crippen molar-refractivity contribution in [3.8, 4) is 0 Å². The third-order valence-corrected chi connectivity index (χ3v) is 9.09. The zero-order valence-corrected chi connectivity index (χ0v) is 19.7. The molecule has 0 aliphatic carbocycles. The van der Waals surface area contributed by atoms with Crippen molar-refractivity contribution in [3.05, 3.63) is 0 Å². The first-order valence-corrected chi connectivity index (χ1v) is 12.3. The number of piperidine rings is 2. The second-order valence-corrected chi connectivity index (χ2v) is 10.8. The summed E-state index contributed by atoms with van der Waals surface area (Å²) >= 11 is 0. The van der Waals surface area contributed by atoms with E-state index in [1.807, 2.05) is 13.8 Å². The Bertz CT molecular complexity index is 594. The van der Waals surface area contributed by atoms with Gasteiger partial charge in [-0.15, -0.1) is 0 Å². The van der Waals surface area contributed by atoms with Crippen molar-refractivity contribution in [2.24, 2.45) is 11.8 Å². The maximum atomic E-state index is 13.6. The van der Waals surface area contributed by atoms with E-state index in [0.29, 0.717) is 0 Å². The predicted molar refractivity (Wildman–Crippen MR) is 119 cm³/mol. The number of rotatable bonds is 3. The molecule has 2 atom stereocenters. The van der Waals surface area contributed by atoms with Gasteiger partial charge in [-0.1, -0.05) is 13.8 Å². The molecule has 0 aromatic rings. The minimum absolute atomic E-state index is 0.0451. The molecule has 2 unspecified atom stereocenters. The summed E-state index contributed by atoms with van der Waals surface area (Å²) in [4.78, 5) is 36.3. The van der Waals surface area contributed by atoms with Crippen molar-refractivity contribution in [2.45, 2.75) is 76.3 Å². The lowest BCUT2D eigenvalue weighted by atomic mass is 9.82. The molecule has 2 spiro atoms. The van der Waals surface area contributed by atoms with E-state index in [4.69, 9.17) is 0 Å². The lowest BCUT2D eigenvalue weighted by molar-refractivity contribution is -0.151. The summed E-state index contributed by atoms with van der Waals surface area (Å²) < 4.78 is 0. The number of carbonyl (C=O) groups is 2. The van der Waals surface area contributed by atoms with Gasteiger partial charge in [0.2, 0.25) is 11.8 Å². The van der Waals surface area contributed by atoms with E-state index in [1.165, 1.54) is 0 Å². The molecule has 0 aromatic heterocycles. The van der Waals surface area contributed by atoms with Crippen LogP contribution in [-0.2, 0) is 9.59 Å². The van der Waals surface area contributed by atoms with Gasteiger partial charge in [0.15, 0.2) is 0 Å². The van der Waals surface area contributed by atoms with E-state index in [-0.39, 0.29) is 34.7 Å². The fraction of sp³-hybridized carbons (Fsp3) is 0.917. The normalized spacial score (nSPS) is 28.9. The first kappa shape index (κ1) is 22.1. The Morgan fingerprint density at radius 2 is 0.933 bits per heavy atom. The van der Waals surface area contributed by atoms with E-state index >= 15 is 0 Å². The van der Waals surface area contributed by atoms with Crippen molar-refractivity contribution in [1.82, 2.24) is 19.6 Å². The fourth-order valence-corrected chi connectivity index (χ4v) is 6.59. The standard InChI is InChI=1S/C24H42N4O2/c1-19(21(29)27-13-5-7-23(27)9-15-25(3)16-10-23)20(2)22(30)28-14-6-8-24(28)11-17-26(4)18-12-24/h19-20H,5-18H2,1-4H3. The smallest absolute Gasteiger partial charge is 0.226 e. The van der Waals surface area contributed by atoms with Gasteiger partial charge in [0, 0.05) is 62.2 Å². The van der Waals surface area contributed by atoms with Crippen molar-refractivity contribution < 1.29 is 9.59 Å². The van der Waals surface area contributed by atoms with Crippen LogP contribution in [0.2, 0.25) is 0 Å². The molecule has 4 rings (SSSR count). The van der Waals surface area contributed by atoms with E-state index in [1.54, 1.807) is 0 Å². The number of amides is 2.